The molecule has 0 saturated carbocycles. The highest BCUT2D eigenvalue weighted by atomic mass is 79.9. The fourth-order valence-corrected chi connectivity index (χ4v) is 4.37. The normalized spacial score (nSPS) is 10.6. The topological polar surface area (TPSA) is 85.1 Å². The molecule has 0 aliphatic rings. The maximum Gasteiger partial charge on any atom is 0.269 e. The molecule has 1 heterocycles. The summed E-state index contributed by atoms with van der Waals surface area (Å²) >= 11 is 4.59. The predicted molar refractivity (Wildman–Crippen MR) is 122 cm³/mol. The van der Waals surface area contributed by atoms with Crippen LogP contribution in [0.1, 0.15) is 10.4 Å². The maximum atomic E-state index is 13.4. The lowest BCUT2D eigenvalue weighted by molar-refractivity contribution is -0.384. The summed E-state index contributed by atoms with van der Waals surface area (Å²) in [4.78, 5) is 28.4. The Morgan fingerprint density at radius 3 is 2.29 bits per heavy atom. The molecule has 1 amide bonds. The number of hydrogen-bond donors (Lipinski definition) is 1. The van der Waals surface area contributed by atoms with Crippen LogP contribution in [0.15, 0.2) is 77.3 Å². The van der Waals surface area contributed by atoms with Gasteiger partial charge in [-0.25, -0.2) is 9.37 Å². The minimum absolute atomic E-state index is 0.0287. The fourth-order valence-electron chi connectivity index (χ4n) is 2.92. The highest BCUT2D eigenvalue weighted by Crippen LogP contribution is 2.39. The van der Waals surface area contributed by atoms with Gasteiger partial charge in [-0.3, -0.25) is 20.2 Å². The highest BCUT2D eigenvalue weighted by Gasteiger charge is 2.19. The average molecular weight is 498 g/mol. The second-order valence-electron chi connectivity index (χ2n) is 6.44. The zero-order valence-corrected chi connectivity index (χ0v) is 18.1. The maximum absolute atomic E-state index is 13.4. The van der Waals surface area contributed by atoms with Crippen LogP contribution < -0.4 is 5.32 Å². The third-order valence-corrected chi connectivity index (χ3v) is 6.14. The fraction of sp³-hybridized carbons (Fsp3) is 0. The number of nitro groups is 1. The number of halogens is 2. The van der Waals surface area contributed by atoms with E-state index < -0.39 is 4.92 Å². The van der Waals surface area contributed by atoms with Gasteiger partial charge in [0, 0.05) is 22.2 Å². The minimum atomic E-state index is -0.472. The second kappa shape index (κ2) is 8.75. The third kappa shape index (κ3) is 4.52. The van der Waals surface area contributed by atoms with Gasteiger partial charge in [0.2, 0.25) is 0 Å². The number of nitrogens with one attached hydrogen (secondary N) is 1. The van der Waals surface area contributed by atoms with Crippen molar-refractivity contribution in [1.29, 1.82) is 0 Å². The van der Waals surface area contributed by atoms with Gasteiger partial charge in [0.1, 0.15) is 5.82 Å². The number of carbonyl (C=O) groups excluding carboxylic acids is 1. The lowest BCUT2D eigenvalue weighted by Gasteiger charge is -2.03. The summed E-state index contributed by atoms with van der Waals surface area (Å²) in [7, 11) is 0. The number of rotatable bonds is 5. The van der Waals surface area contributed by atoms with Crippen LogP contribution in [0.4, 0.5) is 15.2 Å². The summed E-state index contributed by atoms with van der Waals surface area (Å²) in [6, 6.07) is 18.9. The van der Waals surface area contributed by atoms with Crippen LogP contribution in [0.25, 0.3) is 21.7 Å². The van der Waals surface area contributed by atoms with E-state index in [1.165, 1.54) is 35.6 Å². The molecule has 4 rings (SSSR count). The van der Waals surface area contributed by atoms with Crippen LogP contribution in [0.2, 0.25) is 0 Å². The zero-order chi connectivity index (χ0) is 22.0. The average Bonchev–Trinajstić information content (AvgIpc) is 3.18. The van der Waals surface area contributed by atoms with Crippen molar-refractivity contribution in [2.45, 2.75) is 0 Å². The van der Waals surface area contributed by atoms with Gasteiger partial charge >= 0.3 is 0 Å². The number of aromatic nitrogens is 1. The molecule has 4 aromatic rings. The van der Waals surface area contributed by atoms with Crippen LogP contribution in [0, 0.1) is 15.9 Å². The molecule has 1 N–H and O–H groups in total. The third-order valence-electron chi connectivity index (χ3n) is 4.42. The number of non-ortho nitro benzene ring substituents is 1. The first-order valence-corrected chi connectivity index (χ1v) is 10.6. The van der Waals surface area contributed by atoms with Gasteiger partial charge in [-0.2, -0.15) is 0 Å². The summed E-state index contributed by atoms with van der Waals surface area (Å²) in [5.74, 6) is -0.708. The van der Waals surface area contributed by atoms with Gasteiger partial charge in [-0.15, -0.1) is 0 Å². The number of amides is 1. The Kier molecular flexibility index (Phi) is 5.88. The SMILES string of the molecule is O=C(Nc1nc(-c2ccc(F)cc2)c(-c2ccc([N+](=O)[O-])cc2)s1)c1ccccc1Br. The molecule has 1 aromatic heterocycles. The van der Waals surface area contributed by atoms with Crippen molar-refractivity contribution >= 4 is 44.0 Å². The molecule has 0 unspecified atom stereocenters. The lowest BCUT2D eigenvalue weighted by Crippen LogP contribution is -2.12. The minimum Gasteiger partial charge on any atom is -0.298 e. The molecular weight excluding hydrogens is 485 g/mol. The van der Waals surface area contributed by atoms with Gasteiger partial charge in [-0.05, 0) is 70.0 Å². The molecule has 6 nitrogen and oxygen atoms in total. The zero-order valence-electron chi connectivity index (χ0n) is 15.7. The van der Waals surface area contributed by atoms with E-state index in [-0.39, 0.29) is 17.4 Å². The van der Waals surface area contributed by atoms with Crippen LogP contribution in [-0.2, 0) is 0 Å². The molecule has 0 saturated heterocycles. The largest absolute Gasteiger partial charge is 0.298 e. The lowest BCUT2D eigenvalue weighted by atomic mass is 10.1. The molecule has 0 bridgehead atoms. The molecule has 0 aliphatic carbocycles. The van der Waals surface area contributed by atoms with Crippen molar-refractivity contribution in [3.8, 4) is 21.7 Å². The van der Waals surface area contributed by atoms with E-state index in [4.69, 9.17) is 0 Å². The van der Waals surface area contributed by atoms with Gasteiger partial charge < -0.3 is 0 Å². The van der Waals surface area contributed by atoms with Gasteiger partial charge in [0.15, 0.2) is 5.13 Å². The van der Waals surface area contributed by atoms with E-state index in [9.17, 15) is 19.3 Å². The summed E-state index contributed by atoms with van der Waals surface area (Å²) in [5, 5.41) is 14.1. The Morgan fingerprint density at radius 1 is 1.00 bits per heavy atom. The monoisotopic (exact) mass is 497 g/mol. The second-order valence-corrected chi connectivity index (χ2v) is 8.30. The van der Waals surface area contributed by atoms with Crippen molar-refractivity contribution < 1.29 is 14.1 Å². The molecule has 0 spiro atoms. The van der Waals surface area contributed by atoms with E-state index in [2.05, 4.69) is 26.2 Å². The Hall–Kier alpha value is -3.43. The van der Waals surface area contributed by atoms with Crippen LogP contribution in [-0.4, -0.2) is 15.8 Å². The van der Waals surface area contributed by atoms with Crippen LogP contribution in [0.3, 0.4) is 0 Å². The number of nitrogens with zero attached hydrogens (tertiary/aromatic N) is 2. The summed E-state index contributed by atoms with van der Waals surface area (Å²) in [6.07, 6.45) is 0. The van der Waals surface area contributed by atoms with E-state index in [0.717, 1.165) is 0 Å². The van der Waals surface area contributed by atoms with Gasteiger partial charge in [0.25, 0.3) is 11.6 Å². The van der Waals surface area contributed by atoms with Gasteiger partial charge in [0.05, 0.1) is 21.1 Å². The molecule has 9 heteroatoms. The van der Waals surface area contributed by atoms with Crippen molar-refractivity contribution in [2.75, 3.05) is 5.32 Å². The van der Waals surface area contributed by atoms with Crippen molar-refractivity contribution in [1.82, 2.24) is 4.98 Å². The summed E-state index contributed by atoms with van der Waals surface area (Å²) < 4.78 is 14.1. The van der Waals surface area contributed by atoms with Crippen molar-refractivity contribution in [3.63, 3.8) is 0 Å². The number of carbonyl (C=O) groups is 1. The first-order valence-electron chi connectivity index (χ1n) is 9.00. The molecule has 0 atom stereocenters. The predicted octanol–water partition coefficient (Wildman–Crippen LogP) is 6.54. The number of anilines is 1. The molecule has 31 heavy (non-hydrogen) atoms. The molecule has 0 fully saturated rings. The van der Waals surface area contributed by atoms with E-state index in [1.54, 1.807) is 42.5 Å². The number of benzene rings is 3. The van der Waals surface area contributed by atoms with Crippen molar-refractivity contribution in [2.24, 2.45) is 0 Å². The first-order chi connectivity index (χ1) is 14.9. The number of hydrogen-bond acceptors (Lipinski definition) is 5. The summed E-state index contributed by atoms with van der Waals surface area (Å²) in [6.45, 7) is 0. The standard InChI is InChI=1S/C22H13BrFN3O3S/c23-18-4-2-1-3-17(18)21(28)26-22-25-19(13-5-9-15(24)10-6-13)20(31-22)14-7-11-16(12-8-14)27(29)30/h1-12H,(H,25,26,28). The highest BCUT2D eigenvalue weighted by molar-refractivity contribution is 9.10. The number of nitro benzene ring substituents is 1. The Labute approximate surface area is 188 Å². The Bertz CT molecular complexity index is 1270. The van der Waals surface area contributed by atoms with Crippen LogP contribution in [0.5, 0.6) is 0 Å². The quantitative estimate of drug-likeness (QED) is 0.250. The Morgan fingerprint density at radius 2 is 1.65 bits per heavy atom. The van der Waals surface area contributed by atoms with Crippen molar-refractivity contribution in [3.05, 3.63) is 98.8 Å². The van der Waals surface area contributed by atoms with Gasteiger partial charge in [-0.1, -0.05) is 23.5 Å². The van der Waals surface area contributed by atoms with Crippen LogP contribution >= 0.6 is 27.3 Å². The Balaban J connectivity index is 1.75. The molecule has 0 radical (unpaired) electrons. The molecular formula is C22H13BrFN3O3S. The molecule has 154 valence electrons. The van der Waals surface area contributed by atoms with E-state index in [0.29, 0.717) is 36.9 Å². The summed E-state index contributed by atoms with van der Waals surface area (Å²) in [5.41, 5.74) is 2.33. The number of thiazole rings is 1. The smallest absolute Gasteiger partial charge is 0.269 e. The van der Waals surface area contributed by atoms with E-state index in [1.807, 2.05) is 6.07 Å². The first kappa shape index (κ1) is 20.8. The molecule has 0 aliphatic heterocycles. The van der Waals surface area contributed by atoms with E-state index >= 15 is 0 Å². The molecule has 3 aromatic carbocycles.